The summed E-state index contributed by atoms with van der Waals surface area (Å²) in [6.07, 6.45) is 0.867. The second-order valence-corrected chi connectivity index (χ2v) is 6.78. The van der Waals surface area contributed by atoms with Gasteiger partial charge in [0.15, 0.2) is 0 Å². The molecule has 0 spiro atoms. The molecule has 1 aromatic heterocycles. The summed E-state index contributed by atoms with van der Waals surface area (Å²) in [5.41, 5.74) is 1.66. The molecule has 0 aromatic carbocycles. The average molecular weight is 290 g/mol. The van der Waals surface area contributed by atoms with Gasteiger partial charge < -0.3 is 10.2 Å². The van der Waals surface area contributed by atoms with Crippen molar-refractivity contribution in [3.05, 3.63) is 17.5 Å². The van der Waals surface area contributed by atoms with E-state index in [4.69, 9.17) is 0 Å². The van der Waals surface area contributed by atoms with E-state index in [0.717, 1.165) is 44.0 Å². The third-order valence-electron chi connectivity index (χ3n) is 5.32. The third-order valence-corrected chi connectivity index (χ3v) is 5.32. The SMILES string of the molecule is CCc1cc(C(=O)N2CC3CNCC3C2(C)C)n(CC)n1. The summed E-state index contributed by atoms with van der Waals surface area (Å²) < 4.78 is 1.85. The van der Waals surface area contributed by atoms with Gasteiger partial charge in [-0.05, 0) is 45.1 Å². The van der Waals surface area contributed by atoms with Gasteiger partial charge in [-0.2, -0.15) is 5.10 Å². The summed E-state index contributed by atoms with van der Waals surface area (Å²) in [7, 11) is 0. The first-order chi connectivity index (χ1) is 9.98. The number of rotatable bonds is 3. The molecule has 0 radical (unpaired) electrons. The molecule has 2 atom stereocenters. The molecule has 0 aliphatic carbocycles. The van der Waals surface area contributed by atoms with Gasteiger partial charge >= 0.3 is 0 Å². The van der Waals surface area contributed by atoms with Crippen molar-refractivity contribution in [1.29, 1.82) is 0 Å². The first kappa shape index (κ1) is 14.6. The van der Waals surface area contributed by atoms with E-state index in [9.17, 15) is 4.79 Å². The monoisotopic (exact) mass is 290 g/mol. The summed E-state index contributed by atoms with van der Waals surface area (Å²) in [6, 6.07) is 1.97. The van der Waals surface area contributed by atoms with Crippen molar-refractivity contribution in [1.82, 2.24) is 20.0 Å². The standard InChI is InChI=1S/C16H26N4O/c1-5-12-7-14(20(6-2)18-12)15(21)19-10-11-8-17-9-13(11)16(19,3)4/h7,11,13,17H,5-6,8-10H2,1-4H3. The van der Waals surface area contributed by atoms with Crippen LogP contribution in [-0.2, 0) is 13.0 Å². The van der Waals surface area contributed by atoms with Crippen LogP contribution < -0.4 is 5.32 Å². The van der Waals surface area contributed by atoms with Crippen molar-refractivity contribution in [2.75, 3.05) is 19.6 Å². The van der Waals surface area contributed by atoms with Crippen LogP contribution in [0.15, 0.2) is 6.07 Å². The van der Waals surface area contributed by atoms with E-state index in [0.29, 0.717) is 11.8 Å². The van der Waals surface area contributed by atoms with Gasteiger partial charge in [0.05, 0.1) is 5.69 Å². The molecule has 2 aliphatic rings. The fourth-order valence-corrected chi connectivity index (χ4v) is 3.96. The Morgan fingerprint density at radius 2 is 2.19 bits per heavy atom. The molecule has 3 heterocycles. The Morgan fingerprint density at radius 1 is 1.43 bits per heavy atom. The fourth-order valence-electron chi connectivity index (χ4n) is 3.96. The summed E-state index contributed by atoms with van der Waals surface area (Å²) >= 11 is 0. The summed E-state index contributed by atoms with van der Waals surface area (Å²) in [6.45, 7) is 12.2. The number of amides is 1. The zero-order valence-corrected chi connectivity index (χ0v) is 13.5. The zero-order chi connectivity index (χ0) is 15.2. The highest BCUT2D eigenvalue weighted by Gasteiger charge is 2.51. The molecule has 21 heavy (non-hydrogen) atoms. The molecule has 116 valence electrons. The maximum absolute atomic E-state index is 13.0. The van der Waals surface area contributed by atoms with E-state index < -0.39 is 0 Å². The van der Waals surface area contributed by atoms with Crippen LogP contribution in [0.4, 0.5) is 0 Å². The second-order valence-electron chi connectivity index (χ2n) is 6.78. The van der Waals surface area contributed by atoms with Gasteiger partial charge in [0, 0.05) is 31.7 Å². The van der Waals surface area contributed by atoms with E-state index in [1.807, 2.05) is 17.7 Å². The molecular weight excluding hydrogens is 264 g/mol. The molecule has 2 unspecified atom stereocenters. The Morgan fingerprint density at radius 3 is 2.81 bits per heavy atom. The molecule has 1 N–H and O–H groups in total. The summed E-state index contributed by atoms with van der Waals surface area (Å²) in [5.74, 6) is 1.29. The van der Waals surface area contributed by atoms with Gasteiger partial charge in [-0.3, -0.25) is 9.48 Å². The number of fused-ring (bicyclic) bond motifs is 1. The molecule has 2 saturated heterocycles. The maximum atomic E-state index is 13.0. The lowest BCUT2D eigenvalue weighted by atomic mass is 9.85. The molecule has 0 saturated carbocycles. The highest BCUT2D eigenvalue weighted by molar-refractivity contribution is 5.93. The van der Waals surface area contributed by atoms with Crippen LogP contribution in [0.1, 0.15) is 43.9 Å². The third kappa shape index (κ3) is 2.18. The van der Waals surface area contributed by atoms with E-state index in [-0.39, 0.29) is 11.4 Å². The highest BCUT2D eigenvalue weighted by Crippen LogP contribution is 2.41. The summed E-state index contributed by atoms with van der Waals surface area (Å²) in [4.78, 5) is 15.1. The molecule has 1 amide bonds. The van der Waals surface area contributed by atoms with Gasteiger partial charge in [-0.25, -0.2) is 0 Å². The predicted octanol–water partition coefficient (Wildman–Crippen LogP) is 1.54. The molecule has 3 rings (SSSR count). The van der Waals surface area contributed by atoms with E-state index >= 15 is 0 Å². The molecule has 5 nitrogen and oxygen atoms in total. The molecule has 0 bridgehead atoms. The Labute approximate surface area is 126 Å². The lowest BCUT2D eigenvalue weighted by Crippen LogP contribution is -2.48. The van der Waals surface area contributed by atoms with Crippen LogP contribution in [0.2, 0.25) is 0 Å². The fraction of sp³-hybridized carbons (Fsp3) is 0.750. The van der Waals surface area contributed by atoms with Crippen molar-refractivity contribution < 1.29 is 4.79 Å². The number of hydrogen-bond donors (Lipinski definition) is 1. The topological polar surface area (TPSA) is 50.2 Å². The maximum Gasteiger partial charge on any atom is 0.272 e. The number of nitrogens with zero attached hydrogens (tertiary/aromatic N) is 3. The lowest BCUT2D eigenvalue weighted by Gasteiger charge is -2.35. The van der Waals surface area contributed by atoms with Gasteiger partial charge in [-0.1, -0.05) is 6.92 Å². The van der Waals surface area contributed by atoms with Crippen molar-refractivity contribution in [2.24, 2.45) is 11.8 Å². The zero-order valence-electron chi connectivity index (χ0n) is 13.5. The van der Waals surface area contributed by atoms with Crippen LogP contribution in [0.25, 0.3) is 0 Å². The smallest absolute Gasteiger partial charge is 0.272 e. The minimum Gasteiger partial charge on any atom is -0.332 e. The second kappa shape index (κ2) is 5.13. The molecule has 1 aromatic rings. The van der Waals surface area contributed by atoms with Crippen LogP contribution in [-0.4, -0.2) is 45.8 Å². The average Bonchev–Trinajstić information content (AvgIpc) is 3.13. The number of likely N-dealkylation sites (tertiary alicyclic amines) is 1. The van der Waals surface area contributed by atoms with E-state index in [1.54, 1.807) is 0 Å². The lowest BCUT2D eigenvalue weighted by molar-refractivity contribution is 0.0590. The van der Waals surface area contributed by atoms with Crippen LogP contribution in [0.5, 0.6) is 0 Å². The van der Waals surface area contributed by atoms with E-state index in [2.05, 4.69) is 36.1 Å². The predicted molar refractivity (Wildman–Crippen MR) is 82.2 cm³/mol. The Hall–Kier alpha value is -1.36. The van der Waals surface area contributed by atoms with Crippen molar-refractivity contribution in [3.63, 3.8) is 0 Å². The van der Waals surface area contributed by atoms with Crippen molar-refractivity contribution in [3.8, 4) is 0 Å². The first-order valence-corrected chi connectivity index (χ1v) is 8.08. The quantitative estimate of drug-likeness (QED) is 0.918. The minimum atomic E-state index is -0.0829. The molecular formula is C16H26N4O. The van der Waals surface area contributed by atoms with Gasteiger partial charge in [-0.15, -0.1) is 0 Å². The minimum absolute atomic E-state index is 0.0829. The molecule has 2 aliphatic heterocycles. The number of aromatic nitrogens is 2. The number of carbonyl (C=O) groups is 1. The number of hydrogen-bond acceptors (Lipinski definition) is 3. The Kier molecular flexibility index (Phi) is 3.56. The van der Waals surface area contributed by atoms with Gasteiger partial charge in [0.25, 0.3) is 5.91 Å². The molecule has 5 heteroatoms. The van der Waals surface area contributed by atoms with Crippen LogP contribution >= 0.6 is 0 Å². The van der Waals surface area contributed by atoms with Crippen molar-refractivity contribution in [2.45, 2.75) is 46.2 Å². The Bertz CT molecular complexity index is 548. The number of carbonyl (C=O) groups excluding carboxylic acids is 1. The highest BCUT2D eigenvalue weighted by atomic mass is 16.2. The number of nitrogens with one attached hydrogen (secondary N) is 1. The van der Waals surface area contributed by atoms with Crippen LogP contribution in [0.3, 0.4) is 0 Å². The normalized spacial score (nSPS) is 27.1. The summed E-state index contributed by atoms with van der Waals surface area (Å²) in [5, 5.41) is 7.98. The Balaban J connectivity index is 1.90. The van der Waals surface area contributed by atoms with Gasteiger partial charge in [0.1, 0.15) is 5.69 Å². The van der Waals surface area contributed by atoms with Crippen molar-refractivity contribution >= 4 is 5.91 Å². The first-order valence-electron chi connectivity index (χ1n) is 8.08. The number of aryl methyl sites for hydroxylation is 2. The van der Waals surface area contributed by atoms with Crippen LogP contribution in [0, 0.1) is 11.8 Å². The largest absolute Gasteiger partial charge is 0.332 e. The van der Waals surface area contributed by atoms with E-state index in [1.165, 1.54) is 0 Å². The molecule has 2 fully saturated rings. The van der Waals surface area contributed by atoms with Gasteiger partial charge in [0.2, 0.25) is 0 Å².